The van der Waals surface area contributed by atoms with Crippen LogP contribution in [0.4, 0.5) is 17.2 Å². The Morgan fingerprint density at radius 1 is 0.931 bits per heavy atom. The highest BCUT2D eigenvalue weighted by Crippen LogP contribution is 2.37. The molecule has 0 aliphatic rings. The molecule has 0 spiro atoms. The maximum Gasteiger partial charge on any atom is 0.373 e. The molecule has 7 nitrogen and oxygen atoms in total. The Balaban J connectivity index is 1.70. The minimum atomic E-state index is -0.601. The van der Waals surface area contributed by atoms with Crippen molar-refractivity contribution in [3.63, 3.8) is 0 Å². The molecule has 4 rings (SSSR count). The van der Waals surface area contributed by atoms with E-state index in [0.717, 1.165) is 10.8 Å². The normalized spacial score (nSPS) is 10.7. The quantitative estimate of drug-likeness (QED) is 0.294. The summed E-state index contributed by atoms with van der Waals surface area (Å²) in [7, 11) is 0. The number of benzene rings is 3. The highest BCUT2D eigenvalue weighted by molar-refractivity contribution is 6.42. The predicted octanol–water partition coefficient (Wildman–Crippen LogP) is 6.38. The first-order chi connectivity index (χ1) is 14.0. The second-order valence-corrected chi connectivity index (χ2v) is 6.81. The van der Waals surface area contributed by atoms with Crippen molar-refractivity contribution in [3.05, 3.63) is 87.2 Å². The van der Waals surface area contributed by atoms with E-state index < -0.39 is 10.6 Å². The SMILES string of the molecule is O=[N+]([O-])c1c(Nc2ccc(Cl)c(Cl)c2)ncnc1Oc1ccc2ccccc2c1. The highest BCUT2D eigenvalue weighted by atomic mass is 35.5. The van der Waals surface area contributed by atoms with Crippen molar-refractivity contribution in [3.8, 4) is 11.6 Å². The van der Waals surface area contributed by atoms with Gasteiger partial charge in [-0.05, 0) is 41.1 Å². The third kappa shape index (κ3) is 4.06. The van der Waals surface area contributed by atoms with Gasteiger partial charge in [0.2, 0.25) is 5.82 Å². The zero-order valence-electron chi connectivity index (χ0n) is 14.7. The van der Waals surface area contributed by atoms with E-state index >= 15 is 0 Å². The Bertz CT molecular complexity index is 1230. The molecule has 0 bridgehead atoms. The van der Waals surface area contributed by atoms with Gasteiger partial charge < -0.3 is 10.1 Å². The molecule has 0 aliphatic carbocycles. The number of aromatic nitrogens is 2. The van der Waals surface area contributed by atoms with Crippen molar-refractivity contribution >= 4 is 51.2 Å². The first-order valence-corrected chi connectivity index (χ1v) is 9.15. The van der Waals surface area contributed by atoms with Crippen LogP contribution in [0.5, 0.6) is 11.6 Å². The van der Waals surface area contributed by atoms with Crippen LogP contribution in [0.2, 0.25) is 10.0 Å². The Morgan fingerprint density at radius 2 is 1.72 bits per heavy atom. The third-order valence-electron chi connectivity index (χ3n) is 4.09. The standard InChI is InChI=1S/C20H12Cl2N4O3/c21-16-8-6-14(10-17(16)22)25-19-18(26(27)28)20(24-11-23-19)29-15-7-5-12-3-1-2-4-13(12)9-15/h1-11H,(H,23,24,25). The van der Waals surface area contributed by atoms with Crippen LogP contribution in [0.1, 0.15) is 0 Å². The zero-order chi connectivity index (χ0) is 20.4. The molecule has 3 aromatic carbocycles. The maximum atomic E-state index is 11.7. The lowest BCUT2D eigenvalue weighted by molar-refractivity contribution is -0.385. The number of rotatable bonds is 5. The zero-order valence-corrected chi connectivity index (χ0v) is 16.2. The summed E-state index contributed by atoms with van der Waals surface area (Å²) < 4.78 is 5.72. The van der Waals surface area contributed by atoms with E-state index in [1.54, 1.807) is 30.3 Å². The predicted molar refractivity (Wildman–Crippen MR) is 112 cm³/mol. The van der Waals surface area contributed by atoms with Gasteiger partial charge in [0.25, 0.3) is 0 Å². The van der Waals surface area contributed by atoms with Gasteiger partial charge >= 0.3 is 11.6 Å². The molecule has 4 aromatic rings. The van der Waals surface area contributed by atoms with Gasteiger partial charge in [-0.25, -0.2) is 4.98 Å². The number of fused-ring (bicyclic) bond motifs is 1. The highest BCUT2D eigenvalue weighted by Gasteiger charge is 2.25. The average molecular weight is 427 g/mol. The lowest BCUT2D eigenvalue weighted by atomic mass is 10.1. The van der Waals surface area contributed by atoms with Crippen molar-refractivity contribution in [2.24, 2.45) is 0 Å². The number of hydrogen-bond acceptors (Lipinski definition) is 6. The molecule has 9 heteroatoms. The summed E-state index contributed by atoms with van der Waals surface area (Å²) >= 11 is 11.9. The van der Waals surface area contributed by atoms with Gasteiger partial charge in [-0.2, -0.15) is 4.98 Å². The van der Waals surface area contributed by atoms with Gasteiger partial charge in [-0.1, -0.05) is 53.5 Å². The van der Waals surface area contributed by atoms with Gasteiger partial charge in [0.15, 0.2) is 0 Å². The molecule has 0 aliphatic heterocycles. The average Bonchev–Trinajstić information content (AvgIpc) is 2.70. The molecule has 0 saturated carbocycles. The summed E-state index contributed by atoms with van der Waals surface area (Å²) in [4.78, 5) is 19.0. The summed E-state index contributed by atoms with van der Waals surface area (Å²) in [6.07, 6.45) is 1.18. The molecule has 0 saturated heterocycles. The molecule has 29 heavy (non-hydrogen) atoms. The van der Waals surface area contributed by atoms with Crippen molar-refractivity contribution in [2.75, 3.05) is 5.32 Å². The molecule has 0 atom stereocenters. The molecule has 1 heterocycles. The van der Waals surface area contributed by atoms with E-state index in [1.807, 2.05) is 30.3 Å². The number of anilines is 2. The molecule has 144 valence electrons. The van der Waals surface area contributed by atoms with Crippen LogP contribution < -0.4 is 10.1 Å². The topological polar surface area (TPSA) is 90.2 Å². The lowest BCUT2D eigenvalue weighted by Gasteiger charge is -2.10. The van der Waals surface area contributed by atoms with E-state index in [2.05, 4.69) is 15.3 Å². The molecular weight excluding hydrogens is 415 g/mol. The number of nitrogens with one attached hydrogen (secondary N) is 1. The van der Waals surface area contributed by atoms with Gasteiger partial charge in [0, 0.05) is 5.69 Å². The maximum absolute atomic E-state index is 11.7. The van der Waals surface area contributed by atoms with Crippen molar-refractivity contribution < 1.29 is 9.66 Å². The summed E-state index contributed by atoms with van der Waals surface area (Å²) in [5.41, 5.74) is 0.0876. The molecule has 0 radical (unpaired) electrons. The summed E-state index contributed by atoms with van der Waals surface area (Å²) in [6, 6.07) is 17.8. The minimum Gasteiger partial charge on any atom is -0.434 e. The Labute approximate surface area is 175 Å². The number of nitro groups is 1. The van der Waals surface area contributed by atoms with Crippen LogP contribution >= 0.6 is 23.2 Å². The van der Waals surface area contributed by atoms with E-state index in [4.69, 9.17) is 27.9 Å². The van der Waals surface area contributed by atoms with E-state index in [-0.39, 0.29) is 11.7 Å². The van der Waals surface area contributed by atoms with E-state index in [0.29, 0.717) is 21.5 Å². The van der Waals surface area contributed by atoms with Crippen molar-refractivity contribution in [1.29, 1.82) is 0 Å². The van der Waals surface area contributed by atoms with E-state index in [9.17, 15) is 10.1 Å². The van der Waals surface area contributed by atoms with E-state index in [1.165, 1.54) is 6.33 Å². The second kappa shape index (κ2) is 7.90. The summed E-state index contributed by atoms with van der Waals surface area (Å²) in [5.74, 6) is 0.216. The second-order valence-electron chi connectivity index (χ2n) is 6.00. The fourth-order valence-electron chi connectivity index (χ4n) is 2.75. The van der Waals surface area contributed by atoms with Gasteiger partial charge in [0.1, 0.15) is 12.1 Å². The first kappa shape index (κ1) is 18.9. The number of nitrogens with zero attached hydrogens (tertiary/aromatic N) is 3. The Morgan fingerprint density at radius 3 is 2.48 bits per heavy atom. The monoisotopic (exact) mass is 426 g/mol. The fraction of sp³-hybridized carbons (Fsp3) is 0. The number of halogens is 2. The van der Waals surface area contributed by atoms with Crippen LogP contribution in [0.3, 0.4) is 0 Å². The van der Waals surface area contributed by atoms with Crippen LogP contribution in [0.15, 0.2) is 67.0 Å². The van der Waals surface area contributed by atoms with Gasteiger partial charge in [-0.3, -0.25) is 10.1 Å². The van der Waals surface area contributed by atoms with Crippen molar-refractivity contribution in [1.82, 2.24) is 9.97 Å². The largest absolute Gasteiger partial charge is 0.434 e. The molecule has 0 amide bonds. The van der Waals surface area contributed by atoms with Crippen molar-refractivity contribution in [2.45, 2.75) is 0 Å². The summed E-state index contributed by atoms with van der Waals surface area (Å²) in [5, 5.41) is 17.2. The number of ether oxygens (including phenoxy) is 1. The molecule has 0 fully saturated rings. The molecule has 1 N–H and O–H groups in total. The molecule has 0 unspecified atom stereocenters. The van der Waals surface area contributed by atoms with Crippen LogP contribution in [0.25, 0.3) is 10.8 Å². The number of hydrogen-bond donors (Lipinski definition) is 1. The lowest BCUT2D eigenvalue weighted by Crippen LogP contribution is -2.03. The summed E-state index contributed by atoms with van der Waals surface area (Å²) in [6.45, 7) is 0. The third-order valence-corrected chi connectivity index (χ3v) is 4.83. The fourth-order valence-corrected chi connectivity index (χ4v) is 3.04. The van der Waals surface area contributed by atoms with Crippen LogP contribution in [-0.2, 0) is 0 Å². The Kier molecular flexibility index (Phi) is 5.16. The Hall–Kier alpha value is -3.42. The smallest absolute Gasteiger partial charge is 0.373 e. The van der Waals surface area contributed by atoms with Gasteiger partial charge in [-0.15, -0.1) is 0 Å². The minimum absolute atomic E-state index is 0.0285. The molecular formula is C20H12Cl2N4O3. The molecule has 1 aromatic heterocycles. The van der Waals surface area contributed by atoms with Gasteiger partial charge in [0.05, 0.1) is 15.0 Å². The van der Waals surface area contributed by atoms with Crippen LogP contribution in [-0.4, -0.2) is 14.9 Å². The van der Waals surface area contributed by atoms with Crippen LogP contribution in [0, 0.1) is 10.1 Å². The first-order valence-electron chi connectivity index (χ1n) is 8.39.